The molecule has 0 amide bonds. The van der Waals surface area contributed by atoms with Crippen molar-refractivity contribution in [2.24, 2.45) is 5.41 Å². The van der Waals surface area contributed by atoms with Gasteiger partial charge in [0.2, 0.25) is 0 Å². The first-order chi connectivity index (χ1) is 5.33. The Labute approximate surface area is 70.1 Å². The first-order valence-corrected chi connectivity index (χ1v) is 4.82. The molecule has 0 radical (unpaired) electrons. The summed E-state index contributed by atoms with van der Waals surface area (Å²) in [5.74, 6) is 0. The number of rotatable bonds is 6. The first kappa shape index (κ1) is 9.05. The molecule has 0 aromatic rings. The van der Waals surface area contributed by atoms with Gasteiger partial charge in [0.25, 0.3) is 0 Å². The van der Waals surface area contributed by atoms with Gasteiger partial charge in [0.05, 0.1) is 0 Å². The molecule has 0 N–H and O–H groups in total. The lowest BCUT2D eigenvalue weighted by Crippen LogP contribution is -2.04. The van der Waals surface area contributed by atoms with Gasteiger partial charge in [0.1, 0.15) is 0 Å². The van der Waals surface area contributed by atoms with Crippen molar-refractivity contribution in [3.63, 3.8) is 0 Å². The summed E-state index contributed by atoms with van der Waals surface area (Å²) in [5.41, 5.74) is 0.728. The van der Waals surface area contributed by atoms with Crippen molar-refractivity contribution >= 4 is 0 Å². The minimum Gasteiger partial charge on any atom is -0.385 e. The maximum absolute atomic E-state index is 5.10. The maximum atomic E-state index is 5.10. The van der Waals surface area contributed by atoms with Gasteiger partial charge in [-0.3, -0.25) is 0 Å². The van der Waals surface area contributed by atoms with E-state index in [4.69, 9.17) is 4.74 Å². The molecule has 0 aromatic carbocycles. The van der Waals surface area contributed by atoms with E-state index in [0.29, 0.717) is 0 Å². The Balaban J connectivity index is 2.08. The van der Waals surface area contributed by atoms with Gasteiger partial charge in [-0.15, -0.1) is 0 Å². The van der Waals surface area contributed by atoms with E-state index >= 15 is 0 Å². The van der Waals surface area contributed by atoms with Gasteiger partial charge < -0.3 is 4.74 Å². The summed E-state index contributed by atoms with van der Waals surface area (Å²) in [6, 6.07) is 0. The second-order valence-electron chi connectivity index (χ2n) is 3.85. The summed E-state index contributed by atoms with van der Waals surface area (Å²) < 4.78 is 5.10. The van der Waals surface area contributed by atoms with Crippen LogP contribution in [0.3, 0.4) is 0 Å². The lowest BCUT2D eigenvalue weighted by molar-refractivity contribution is 0.169. The highest BCUT2D eigenvalue weighted by atomic mass is 16.5. The van der Waals surface area contributed by atoms with Crippen molar-refractivity contribution < 1.29 is 4.74 Å². The van der Waals surface area contributed by atoms with Crippen LogP contribution in [-0.2, 0) is 4.74 Å². The Kier molecular flexibility index (Phi) is 3.38. The average molecular weight is 156 g/mol. The quantitative estimate of drug-likeness (QED) is 0.574. The molecular weight excluding hydrogens is 136 g/mol. The molecule has 1 saturated carbocycles. The number of ether oxygens (including phenoxy) is 1. The zero-order valence-electron chi connectivity index (χ0n) is 7.86. The van der Waals surface area contributed by atoms with Gasteiger partial charge in [0.15, 0.2) is 0 Å². The van der Waals surface area contributed by atoms with Crippen molar-refractivity contribution in [3.05, 3.63) is 0 Å². The van der Waals surface area contributed by atoms with E-state index < -0.39 is 0 Å². The van der Waals surface area contributed by atoms with Crippen LogP contribution in [0.15, 0.2) is 0 Å². The van der Waals surface area contributed by atoms with Gasteiger partial charge >= 0.3 is 0 Å². The predicted molar refractivity (Wildman–Crippen MR) is 47.7 cm³/mol. The van der Waals surface area contributed by atoms with Gasteiger partial charge in [0, 0.05) is 13.7 Å². The topological polar surface area (TPSA) is 9.23 Å². The molecule has 0 saturated heterocycles. The lowest BCUT2D eigenvalue weighted by Gasteiger charge is -2.12. The van der Waals surface area contributed by atoms with Crippen LogP contribution in [0.5, 0.6) is 0 Å². The second-order valence-corrected chi connectivity index (χ2v) is 3.85. The number of hydrogen-bond acceptors (Lipinski definition) is 1. The highest BCUT2D eigenvalue weighted by molar-refractivity contribution is 4.92. The van der Waals surface area contributed by atoms with Gasteiger partial charge in [-0.1, -0.05) is 19.8 Å². The van der Waals surface area contributed by atoms with E-state index in [2.05, 4.69) is 6.92 Å². The molecule has 0 aromatic heterocycles. The Morgan fingerprint density at radius 2 is 2.00 bits per heavy atom. The molecule has 66 valence electrons. The highest BCUT2D eigenvalue weighted by Crippen LogP contribution is 2.52. The van der Waals surface area contributed by atoms with E-state index in [-0.39, 0.29) is 0 Å². The minimum absolute atomic E-state index is 0.728. The van der Waals surface area contributed by atoms with Crippen LogP contribution in [0.4, 0.5) is 0 Å². The van der Waals surface area contributed by atoms with Crippen LogP contribution in [-0.4, -0.2) is 13.7 Å². The van der Waals surface area contributed by atoms with Crippen LogP contribution >= 0.6 is 0 Å². The molecular formula is C10H20O. The molecule has 0 spiro atoms. The fourth-order valence-corrected chi connectivity index (χ4v) is 1.67. The molecule has 1 heteroatoms. The molecule has 0 aliphatic heterocycles. The van der Waals surface area contributed by atoms with E-state index in [9.17, 15) is 0 Å². The summed E-state index contributed by atoms with van der Waals surface area (Å²) in [7, 11) is 1.80. The summed E-state index contributed by atoms with van der Waals surface area (Å²) in [6.07, 6.45) is 8.39. The van der Waals surface area contributed by atoms with Crippen molar-refractivity contribution in [1.82, 2.24) is 0 Å². The summed E-state index contributed by atoms with van der Waals surface area (Å²) in [4.78, 5) is 0. The summed E-state index contributed by atoms with van der Waals surface area (Å²) in [5, 5.41) is 0. The molecule has 0 bridgehead atoms. The van der Waals surface area contributed by atoms with E-state index in [1.54, 1.807) is 7.11 Å². The van der Waals surface area contributed by atoms with Crippen LogP contribution in [0.2, 0.25) is 0 Å². The molecule has 1 aliphatic rings. The maximum Gasteiger partial charge on any atom is 0.0467 e. The number of hydrogen-bond donors (Lipinski definition) is 0. The lowest BCUT2D eigenvalue weighted by atomic mass is 9.96. The molecule has 0 atom stereocenters. The van der Waals surface area contributed by atoms with Crippen LogP contribution < -0.4 is 0 Å². The Morgan fingerprint density at radius 1 is 1.27 bits per heavy atom. The van der Waals surface area contributed by atoms with Crippen molar-refractivity contribution in [2.45, 2.75) is 45.4 Å². The monoisotopic (exact) mass is 156 g/mol. The first-order valence-electron chi connectivity index (χ1n) is 4.82. The van der Waals surface area contributed by atoms with Crippen molar-refractivity contribution in [2.75, 3.05) is 13.7 Å². The standard InChI is InChI=1S/C10H20O/c1-3-4-5-10(6-7-10)8-9-11-2/h3-9H2,1-2H3. The highest BCUT2D eigenvalue weighted by Gasteiger charge is 2.40. The van der Waals surface area contributed by atoms with E-state index in [0.717, 1.165) is 12.0 Å². The third kappa shape index (κ3) is 2.82. The van der Waals surface area contributed by atoms with Crippen LogP contribution in [0.1, 0.15) is 45.4 Å². The second kappa shape index (κ2) is 4.10. The fourth-order valence-electron chi connectivity index (χ4n) is 1.67. The van der Waals surface area contributed by atoms with Crippen LogP contribution in [0, 0.1) is 5.41 Å². The number of unbranched alkanes of at least 4 members (excludes halogenated alkanes) is 1. The van der Waals surface area contributed by atoms with Crippen LogP contribution in [0.25, 0.3) is 0 Å². The van der Waals surface area contributed by atoms with Gasteiger partial charge in [-0.05, 0) is 31.1 Å². The molecule has 1 nitrogen and oxygen atoms in total. The Hall–Kier alpha value is -0.0400. The Bertz CT molecular complexity index is 95.4. The average Bonchev–Trinajstić information content (AvgIpc) is 2.79. The largest absolute Gasteiger partial charge is 0.385 e. The molecule has 0 unspecified atom stereocenters. The van der Waals surface area contributed by atoms with Gasteiger partial charge in [-0.2, -0.15) is 0 Å². The molecule has 1 rings (SSSR count). The van der Waals surface area contributed by atoms with Crippen molar-refractivity contribution in [3.8, 4) is 0 Å². The summed E-state index contributed by atoms with van der Waals surface area (Å²) in [6.45, 7) is 3.23. The molecule has 1 fully saturated rings. The van der Waals surface area contributed by atoms with E-state index in [1.165, 1.54) is 38.5 Å². The summed E-state index contributed by atoms with van der Waals surface area (Å²) >= 11 is 0. The predicted octanol–water partition coefficient (Wildman–Crippen LogP) is 2.99. The molecule has 0 heterocycles. The van der Waals surface area contributed by atoms with E-state index in [1.807, 2.05) is 0 Å². The van der Waals surface area contributed by atoms with Crippen molar-refractivity contribution in [1.29, 1.82) is 0 Å². The molecule has 1 aliphatic carbocycles. The molecule has 11 heavy (non-hydrogen) atoms. The third-order valence-corrected chi connectivity index (χ3v) is 2.85. The minimum atomic E-state index is 0.728. The van der Waals surface area contributed by atoms with Gasteiger partial charge in [-0.25, -0.2) is 0 Å². The fraction of sp³-hybridized carbons (Fsp3) is 1.00. The zero-order chi connectivity index (χ0) is 8.16. The third-order valence-electron chi connectivity index (χ3n) is 2.85. The number of methoxy groups -OCH3 is 1. The smallest absolute Gasteiger partial charge is 0.0467 e. The SMILES string of the molecule is CCCCC1(CCOC)CC1. The Morgan fingerprint density at radius 3 is 2.45 bits per heavy atom. The zero-order valence-corrected chi connectivity index (χ0v) is 7.86. The normalized spacial score (nSPS) is 20.2.